The van der Waals surface area contributed by atoms with Crippen molar-refractivity contribution in [3.63, 3.8) is 0 Å². The van der Waals surface area contributed by atoms with Crippen LogP contribution >= 0.6 is 11.8 Å². The van der Waals surface area contributed by atoms with E-state index in [1.807, 2.05) is 54.6 Å². The summed E-state index contributed by atoms with van der Waals surface area (Å²) in [6, 6.07) is 23.4. The van der Waals surface area contributed by atoms with Crippen molar-refractivity contribution in [3.05, 3.63) is 90.2 Å². The molecular formula is C23H19FN2O2S. The fraction of sp³-hybridized carbons (Fsp3) is 0.130. The van der Waals surface area contributed by atoms with Gasteiger partial charge in [-0.05, 0) is 29.8 Å². The van der Waals surface area contributed by atoms with E-state index < -0.39 is 11.7 Å². The fourth-order valence-electron chi connectivity index (χ4n) is 3.30. The quantitative estimate of drug-likeness (QED) is 0.661. The fourth-order valence-corrected chi connectivity index (χ4v) is 4.58. The predicted octanol–water partition coefficient (Wildman–Crippen LogP) is 5.03. The van der Waals surface area contributed by atoms with E-state index in [0.717, 1.165) is 10.5 Å². The summed E-state index contributed by atoms with van der Waals surface area (Å²) in [4.78, 5) is 28.1. The number of fused-ring (bicyclic) bond motifs is 1. The number of nitrogens with one attached hydrogen (secondary N) is 1. The SMILES string of the molecule is O=C(CN1C(=O)CC(c2ccccc2)Sc2ccccc21)Nc1ccccc1F. The van der Waals surface area contributed by atoms with Crippen LogP contribution in [0.25, 0.3) is 0 Å². The minimum Gasteiger partial charge on any atom is -0.322 e. The number of hydrogen-bond donors (Lipinski definition) is 1. The minimum absolute atomic E-state index is 0.0375. The molecule has 0 radical (unpaired) electrons. The summed E-state index contributed by atoms with van der Waals surface area (Å²) >= 11 is 1.62. The summed E-state index contributed by atoms with van der Waals surface area (Å²) in [5.41, 5.74) is 1.87. The first-order valence-electron chi connectivity index (χ1n) is 9.27. The maximum atomic E-state index is 13.8. The summed E-state index contributed by atoms with van der Waals surface area (Å²) < 4.78 is 13.8. The van der Waals surface area contributed by atoms with Crippen molar-refractivity contribution in [1.82, 2.24) is 0 Å². The molecule has 0 bridgehead atoms. The molecule has 3 aromatic rings. The standard InChI is InChI=1S/C23H19FN2O2S/c24-17-10-4-5-11-18(17)25-22(27)15-26-19-12-6-7-13-20(19)29-21(14-23(26)28)16-8-2-1-3-9-16/h1-13,21H,14-15H2,(H,25,27). The van der Waals surface area contributed by atoms with E-state index in [1.54, 1.807) is 23.9 Å². The lowest BCUT2D eigenvalue weighted by Gasteiger charge is -2.22. The normalized spacial score (nSPS) is 16.1. The Kier molecular flexibility index (Phi) is 5.62. The summed E-state index contributed by atoms with van der Waals surface area (Å²) in [6.07, 6.45) is 0.274. The van der Waals surface area contributed by atoms with Gasteiger partial charge in [0, 0.05) is 16.6 Å². The van der Waals surface area contributed by atoms with E-state index in [2.05, 4.69) is 5.32 Å². The maximum Gasteiger partial charge on any atom is 0.244 e. The minimum atomic E-state index is -0.511. The highest BCUT2D eigenvalue weighted by Crippen LogP contribution is 2.45. The summed E-state index contributed by atoms with van der Waals surface area (Å²) in [5, 5.41) is 2.52. The number of hydrogen-bond acceptors (Lipinski definition) is 3. The second kappa shape index (κ2) is 8.49. The van der Waals surface area contributed by atoms with Crippen LogP contribution in [0.4, 0.5) is 15.8 Å². The zero-order valence-corrected chi connectivity index (χ0v) is 16.4. The van der Waals surface area contributed by atoms with Crippen LogP contribution in [0.3, 0.4) is 0 Å². The molecule has 29 heavy (non-hydrogen) atoms. The molecule has 0 saturated carbocycles. The topological polar surface area (TPSA) is 49.4 Å². The zero-order valence-electron chi connectivity index (χ0n) is 15.5. The van der Waals surface area contributed by atoms with Crippen molar-refractivity contribution < 1.29 is 14.0 Å². The van der Waals surface area contributed by atoms with Crippen LogP contribution in [0.1, 0.15) is 17.2 Å². The first kappa shape index (κ1) is 19.2. The summed E-state index contributed by atoms with van der Waals surface area (Å²) in [7, 11) is 0. The van der Waals surface area contributed by atoms with E-state index in [4.69, 9.17) is 0 Å². The Labute approximate surface area is 172 Å². The Balaban J connectivity index is 1.59. The van der Waals surface area contributed by atoms with Gasteiger partial charge in [0.1, 0.15) is 12.4 Å². The van der Waals surface area contributed by atoms with Crippen molar-refractivity contribution in [2.45, 2.75) is 16.6 Å². The number of rotatable bonds is 4. The molecule has 1 N–H and O–H groups in total. The summed E-state index contributed by atoms with van der Waals surface area (Å²) in [5.74, 6) is -1.09. The van der Waals surface area contributed by atoms with Crippen LogP contribution < -0.4 is 10.2 Å². The van der Waals surface area contributed by atoms with Crippen LogP contribution in [0, 0.1) is 5.82 Å². The molecule has 3 aromatic carbocycles. The van der Waals surface area contributed by atoms with Crippen molar-refractivity contribution in [1.29, 1.82) is 0 Å². The van der Waals surface area contributed by atoms with E-state index in [1.165, 1.54) is 17.0 Å². The van der Waals surface area contributed by atoms with Crippen LogP contribution in [-0.2, 0) is 9.59 Å². The average molecular weight is 406 g/mol. The number of carbonyl (C=O) groups excluding carboxylic acids is 2. The first-order chi connectivity index (χ1) is 14.1. The van der Waals surface area contributed by atoms with E-state index in [0.29, 0.717) is 5.69 Å². The van der Waals surface area contributed by atoms with Gasteiger partial charge < -0.3 is 10.2 Å². The maximum absolute atomic E-state index is 13.8. The molecule has 1 atom stereocenters. The number of para-hydroxylation sites is 2. The third-order valence-electron chi connectivity index (χ3n) is 4.71. The molecule has 0 spiro atoms. The van der Waals surface area contributed by atoms with Gasteiger partial charge in [0.2, 0.25) is 11.8 Å². The smallest absolute Gasteiger partial charge is 0.244 e. The van der Waals surface area contributed by atoms with E-state index in [9.17, 15) is 14.0 Å². The van der Waals surface area contributed by atoms with Crippen LogP contribution in [-0.4, -0.2) is 18.4 Å². The molecule has 6 heteroatoms. The van der Waals surface area contributed by atoms with Crippen molar-refractivity contribution in [2.75, 3.05) is 16.8 Å². The van der Waals surface area contributed by atoms with Gasteiger partial charge in [-0.1, -0.05) is 54.6 Å². The number of carbonyl (C=O) groups is 2. The van der Waals surface area contributed by atoms with Gasteiger partial charge in [-0.25, -0.2) is 4.39 Å². The molecule has 1 aliphatic heterocycles. The van der Waals surface area contributed by atoms with Crippen LogP contribution in [0.2, 0.25) is 0 Å². The molecular weight excluding hydrogens is 387 g/mol. The molecule has 1 heterocycles. The lowest BCUT2D eigenvalue weighted by atomic mass is 10.1. The van der Waals surface area contributed by atoms with Crippen molar-refractivity contribution in [3.8, 4) is 0 Å². The predicted molar refractivity (Wildman–Crippen MR) is 113 cm³/mol. The van der Waals surface area contributed by atoms with Gasteiger partial charge in [-0.15, -0.1) is 11.8 Å². The second-order valence-electron chi connectivity index (χ2n) is 6.70. The number of benzene rings is 3. The van der Waals surface area contributed by atoms with Gasteiger partial charge >= 0.3 is 0 Å². The Morgan fingerprint density at radius 1 is 1.00 bits per heavy atom. The molecule has 4 nitrogen and oxygen atoms in total. The third-order valence-corrected chi connectivity index (χ3v) is 6.03. The Bertz CT molecular complexity index is 1040. The number of nitrogens with zero attached hydrogens (tertiary/aromatic N) is 1. The van der Waals surface area contributed by atoms with Crippen molar-refractivity contribution >= 4 is 35.0 Å². The van der Waals surface area contributed by atoms with Gasteiger partial charge in [-0.3, -0.25) is 9.59 Å². The molecule has 2 amide bonds. The molecule has 1 aliphatic rings. The Morgan fingerprint density at radius 2 is 1.69 bits per heavy atom. The molecule has 0 aliphatic carbocycles. The molecule has 146 valence electrons. The number of halogens is 1. The molecule has 4 rings (SSSR count). The Hall–Kier alpha value is -3.12. The van der Waals surface area contributed by atoms with Crippen LogP contribution in [0.15, 0.2) is 83.8 Å². The number of thioether (sulfide) groups is 1. The molecule has 0 fully saturated rings. The molecule has 1 unspecified atom stereocenters. The third kappa shape index (κ3) is 4.32. The van der Waals surface area contributed by atoms with E-state index in [-0.39, 0.29) is 29.8 Å². The monoisotopic (exact) mass is 406 g/mol. The number of anilines is 2. The zero-order chi connectivity index (χ0) is 20.2. The van der Waals surface area contributed by atoms with Gasteiger partial charge in [0.25, 0.3) is 0 Å². The summed E-state index contributed by atoms with van der Waals surface area (Å²) in [6.45, 7) is -0.174. The van der Waals surface area contributed by atoms with Gasteiger partial charge in [-0.2, -0.15) is 0 Å². The number of amides is 2. The second-order valence-corrected chi connectivity index (χ2v) is 7.94. The van der Waals surface area contributed by atoms with Crippen molar-refractivity contribution in [2.24, 2.45) is 0 Å². The van der Waals surface area contributed by atoms with Crippen LogP contribution in [0.5, 0.6) is 0 Å². The molecule has 0 aromatic heterocycles. The van der Waals surface area contributed by atoms with Gasteiger partial charge in [0.05, 0.1) is 11.4 Å². The largest absolute Gasteiger partial charge is 0.322 e. The lowest BCUT2D eigenvalue weighted by Crippen LogP contribution is -2.38. The Morgan fingerprint density at radius 3 is 2.48 bits per heavy atom. The first-order valence-corrected chi connectivity index (χ1v) is 10.1. The lowest BCUT2D eigenvalue weighted by molar-refractivity contribution is -0.121. The average Bonchev–Trinajstić information content (AvgIpc) is 2.87. The highest BCUT2D eigenvalue weighted by Gasteiger charge is 2.30. The highest BCUT2D eigenvalue weighted by molar-refractivity contribution is 7.99. The molecule has 0 saturated heterocycles. The van der Waals surface area contributed by atoms with E-state index >= 15 is 0 Å². The highest BCUT2D eigenvalue weighted by atomic mass is 32.2. The van der Waals surface area contributed by atoms with Gasteiger partial charge in [0.15, 0.2) is 0 Å².